The number of nitrogens with zero attached hydrogens (tertiary/aromatic N) is 1. The van der Waals surface area contributed by atoms with Crippen LogP contribution in [0.2, 0.25) is 0 Å². The molecule has 0 aromatic carbocycles. The zero-order valence-corrected chi connectivity index (χ0v) is 9.05. The Morgan fingerprint density at radius 3 is 2.43 bits per heavy atom. The van der Waals surface area contributed by atoms with Gasteiger partial charge in [-0.25, -0.2) is 0 Å². The molecule has 0 radical (unpaired) electrons. The quantitative estimate of drug-likeness (QED) is 0.751. The maximum absolute atomic E-state index is 10.2. The van der Waals surface area contributed by atoms with Crippen molar-refractivity contribution < 1.29 is 9.84 Å². The highest BCUT2D eigenvalue weighted by Gasteiger charge is 2.48. The standard InChI is InChI=1S/C11H19NO2/c1-10(13,9-14-2)11(8-12)6-4-3-5-7-11/h13H,3-7,9H2,1-2H3. The van der Waals surface area contributed by atoms with Crippen molar-refractivity contribution in [3.63, 3.8) is 0 Å². The lowest BCUT2D eigenvalue weighted by molar-refractivity contribution is -0.101. The summed E-state index contributed by atoms with van der Waals surface area (Å²) in [6.45, 7) is 1.95. The van der Waals surface area contributed by atoms with Crippen LogP contribution in [0.4, 0.5) is 0 Å². The first-order valence-electron chi connectivity index (χ1n) is 5.20. The van der Waals surface area contributed by atoms with E-state index in [4.69, 9.17) is 4.74 Å². The van der Waals surface area contributed by atoms with Gasteiger partial charge in [0.25, 0.3) is 0 Å². The largest absolute Gasteiger partial charge is 0.386 e. The van der Waals surface area contributed by atoms with Crippen LogP contribution in [-0.4, -0.2) is 24.4 Å². The lowest BCUT2D eigenvalue weighted by atomic mass is 9.65. The Bertz CT molecular complexity index is 224. The first-order valence-corrected chi connectivity index (χ1v) is 5.20. The summed E-state index contributed by atoms with van der Waals surface area (Å²) in [6, 6.07) is 2.31. The summed E-state index contributed by atoms with van der Waals surface area (Å²) in [4.78, 5) is 0. The van der Waals surface area contributed by atoms with Gasteiger partial charge in [-0.05, 0) is 19.8 Å². The Balaban J connectivity index is 2.82. The molecule has 1 N–H and O–H groups in total. The minimum absolute atomic E-state index is 0.237. The van der Waals surface area contributed by atoms with Gasteiger partial charge in [-0.2, -0.15) is 5.26 Å². The van der Waals surface area contributed by atoms with Crippen molar-refractivity contribution in [3.8, 4) is 6.07 Å². The van der Waals surface area contributed by atoms with E-state index in [1.165, 1.54) is 6.42 Å². The fourth-order valence-electron chi connectivity index (χ4n) is 2.35. The molecule has 14 heavy (non-hydrogen) atoms. The minimum atomic E-state index is -1.02. The predicted octanol–water partition coefficient (Wildman–Crippen LogP) is 1.86. The molecule has 3 heteroatoms. The Labute approximate surface area is 85.7 Å². The van der Waals surface area contributed by atoms with E-state index in [0.717, 1.165) is 25.7 Å². The first kappa shape index (κ1) is 11.5. The van der Waals surface area contributed by atoms with E-state index >= 15 is 0 Å². The van der Waals surface area contributed by atoms with Crippen molar-refractivity contribution >= 4 is 0 Å². The number of ether oxygens (including phenoxy) is 1. The van der Waals surface area contributed by atoms with Crippen LogP contribution in [0.15, 0.2) is 0 Å². The highest BCUT2D eigenvalue weighted by Crippen LogP contribution is 2.44. The molecule has 0 bridgehead atoms. The second kappa shape index (κ2) is 4.29. The predicted molar refractivity (Wildman–Crippen MR) is 53.6 cm³/mol. The molecular weight excluding hydrogens is 178 g/mol. The Morgan fingerprint density at radius 2 is 2.00 bits per heavy atom. The Hall–Kier alpha value is -0.590. The van der Waals surface area contributed by atoms with E-state index in [2.05, 4.69) is 6.07 Å². The van der Waals surface area contributed by atoms with Crippen LogP contribution < -0.4 is 0 Å². The first-order chi connectivity index (χ1) is 6.58. The zero-order valence-electron chi connectivity index (χ0n) is 9.05. The summed E-state index contributed by atoms with van der Waals surface area (Å²) >= 11 is 0. The normalized spacial score (nSPS) is 25.0. The molecule has 0 aliphatic heterocycles. The molecule has 1 fully saturated rings. The summed E-state index contributed by atoms with van der Waals surface area (Å²) in [5.41, 5.74) is -1.61. The number of methoxy groups -OCH3 is 1. The fourth-order valence-corrected chi connectivity index (χ4v) is 2.35. The average molecular weight is 197 g/mol. The molecule has 1 saturated carbocycles. The number of hydrogen-bond acceptors (Lipinski definition) is 3. The van der Waals surface area contributed by atoms with Gasteiger partial charge in [0.1, 0.15) is 5.60 Å². The lowest BCUT2D eigenvalue weighted by Crippen LogP contribution is -2.49. The van der Waals surface area contributed by atoms with Crippen LogP contribution in [0.3, 0.4) is 0 Å². The second-order valence-corrected chi connectivity index (χ2v) is 4.46. The molecule has 1 aliphatic rings. The maximum Gasteiger partial charge on any atom is 0.104 e. The molecule has 0 aromatic rings. The zero-order chi connectivity index (χ0) is 10.7. The SMILES string of the molecule is COCC(C)(O)C1(C#N)CCCCC1. The monoisotopic (exact) mass is 197 g/mol. The molecule has 0 saturated heterocycles. The molecule has 0 spiro atoms. The van der Waals surface area contributed by atoms with Crippen molar-refractivity contribution in [3.05, 3.63) is 0 Å². The Kier molecular flexibility index (Phi) is 3.52. The summed E-state index contributed by atoms with van der Waals surface area (Å²) < 4.78 is 4.99. The van der Waals surface area contributed by atoms with Crippen molar-refractivity contribution in [1.82, 2.24) is 0 Å². The van der Waals surface area contributed by atoms with Gasteiger partial charge in [-0.3, -0.25) is 0 Å². The molecule has 1 atom stereocenters. The van der Waals surface area contributed by atoms with E-state index < -0.39 is 11.0 Å². The van der Waals surface area contributed by atoms with Gasteiger partial charge in [-0.1, -0.05) is 19.3 Å². The van der Waals surface area contributed by atoms with Gasteiger partial charge >= 0.3 is 0 Å². The summed E-state index contributed by atoms with van der Waals surface area (Å²) in [7, 11) is 1.56. The van der Waals surface area contributed by atoms with Crippen LogP contribution in [-0.2, 0) is 4.74 Å². The molecule has 3 nitrogen and oxygen atoms in total. The number of hydrogen-bond donors (Lipinski definition) is 1. The molecule has 0 amide bonds. The molecule has 1 unspecified atom stereocenters. The van der Waals surface area contributed by atoms with Gasteiger partial charge in [0.2, 0.25) is 0 Å². The summed E-state index contributed by atoms with van der Waals surface area (Å²) in [5, 5.41) is 19.5. The van der Waals surface area contributed by atoms with Crippen molar-refractivity contribution in [1.29, 1.82) is 5.26 Å². The van der Waals surface area contributed by atoms with E-state index in [9.17, 15) is 10.4 Å². The molecule has 80 valence electrons. The molecule has 0 heterocycles. The minimum Gasteiger partial charge on any atom is -0.386 e. The van der Waals surface area contributed by atoms with Gasteiger partial charge in [0.15, 0.2) is 0 Å². The number of rotatable bonds is 3. The van der Waals surface area contributed by atoms with Crippen LogP contribution in [0, 0.1) is 16.7 Å². The van der Waals surface area contributed by atoms with Crippen molar-refractivity contribution in [2.45, 2.75) is 44.6 Å². The highest BCUT2D eigenvalue weighted by atomic mass is 16.5. The third kappa shape index (κ3) is 1.92. The van der Waals surface area contributed by atoms with Crippen molar-refractivity contribution in [2.24, 2.45) is 5.41 Å². The third-order valence-corrected chi connectivity index (χ3v) is 3.38. The van der Waals surface area contributed by atoms with Crippen LogP contribution >= 0.6 is 0 Å². The van der Waals surface area contributed by atoms with Crippen LogP contribution in [0.5, 0.6) is 0 Å². The summed E-state index contributed by atoms with van der Waals surface area (Å²) in [6.07, 6.45) is 4.83. The van der Waals surface area contributed by atoms with E-state index in [0.29, 0.717) is 0 Å². The highest BCUT2D eigenvalue weighted by molar-refractivity contribution is 5.10. The fraction of sp³-hybridized carbons (Fsp3) is 0.909. The third-order valence-electron chi connectivity index (χ3n) is 3.38. The molecule has 1 aliphatic carbocycles. The number of nitriles is 1. The van der Waals surface area contributed by atoms with Gasteiger partial charge in [0, 0.05) is 7.11 Å². The molecular formula is C11H19NO2. The van der Waals surface area contributed by atoms with Gasteiger partial charge in [0.05, 0.1) is 18.1 Å². The van der Waals surface area contributed by atoms with E-state index in [-0.39, 0.29) is 6.61 Å². The molecule has 0 aromatic heterocycles. The van der Waals surface area contributed by atoms with E-state index in [1.807, 2.05) is 0 Å². The van der Waals surface area contributed by atoms with Crippen molar-refractivity contribution in [2.75, 3.05) is 13.7 Å². The number of aliphatic hydroxyl groups is 1. The average Bonchev–Trinajstić information content (AvgIpc) is 2.18. The smallest absolute Gasteiger partial charge is 0.104 e. The Morgan fingerprint density at radius 1 is 1.43 bits per heavy atom. The molecule has 1 rings (SSSR count). The topological polar surface area (TPSA) is 53.2 Å². The second-order valence-electron chi connectivity index (χ2n) is 4.46. The van der Waals surface area contributed by atoms with Gasteiger partial charge in [-0.15, -0.1) is 0 Å². The van der Waals surface area contributed by atoms with Gasteiger partial charge < -0.3 is 9.84 Å². The maximum atomic E-state index is 10.2. The van der Waals surface area contributed by atoms with E-state index in [1.54, 1.807) is 14.0 Å². The lowest BCUT2D eigenvalue weighted by Gasteiger charge is -2.42. The summed E-state index contributed by atoms with van der Waals surface area (Å²) in [5.74, 6) is 0. The van der Waals surface area contributed by atoms with Crippen LogP contribution in [0.25, 0.3) is 0 Å². The van der Waals surface area contributed by atoms with Crippen LogP contribution in [0.1, 0.15) is 39.0 Å².